The summed E-state index contributed by atoms with van der Waals surface area (Å²) < 4.78 is 0. The molecule has 0 heterocycles. The Labute approximate surface area is 85.8 Å². The van der Waals surface area contributed by atoms with Crippen molar-refractivity contribution in [1.82, 2.24) is 0 Å². The number of aromatic hydroxyl groups is 1. The fourth-order valence-corrected chi connectivity index (χ4v) is 1.89. The SMILES string of the molecule is CCCC(N)c1c(C)cc(C)cc1O. The van der Waals surface area contributed by atoms with Crippen molar-refractivity contribution in [3.05, 3.63) is 28.8 Å². The maximum absolute atomic E-state index is 9.79. The molecule has 1 rings (SSSR count). The molecule has 0 aliphatic carbocycles. The minimum absolute atomic E-state index is 0.0411. The average Bonchev–Trinajstić information content (AvgIpc) is 2.01. The zero-order valence-corrected chi connectivity index (χ0v) is 9.17. The molecule has 0 saturated heterocycles. The highest BCUT2D eigenvalue weighted by molar-refractivity contribution is 5.43. The van der Waals surface area contributed by atoms with E-state index in [4.69, 9.17) is 5.73 Å². The summed E-state index contributed by atoms with van der Waals surface area (Å²) in [5.74, 6) is 0.337. The number of rotatable bonds is 3. The van der Waals surface area contributed by atoms with Gasteiger partial charge in [0, 0.05) is 11.6 Å². The molecule has 78 valence electrons. The molecule has 2 heteroatoms. The third kappa shape index (κ3) is 2.26. The van der Waals surface area contributed by atoms with Gasteiger partial charge in [0.2, 0.25) is 0 Å². The van der Waals surface area contributed by atoms with Gasteiger partial charge in [-0.2, -0.15) is 0 Å². The van der Waals surface area contributed by atoms with Crippen molar-refractivity contribution in [3.8, 4) is 5.75 Å². The van der Waals surface area contributed by atoms with Gasteiger partial charge in [-0.05, 0) is 37.5 Å². The van der Waals surface area contributed by atoms with Crippen LogP contribution in [0.25, 0.3) is 0 Å². The quantitative estimate of drug-likeness (QED) is 0.775. The van der Waals surface area contributed by atoms with Crippen LogP contribution in [-0.4, -0.2) is 5.11 Å². The Bertz CT molecular complexity index is 297. The summed E-state index contributed by atoms with van der Waals surface area (Å²) in [6.45, 7) is 6.07. The Morgan fingerprint density at radius 2 is 2.00 bits per heavy atom. The molecule has 0 amide bonds. The first-order valence-corrected chi connectivity index (χ1v) is 5.12. The second-order valence-electron chi connectivity index (χ2n) is 3.91. The van der Waals surface area contributed by atoms with Gasteiger partial charge in [0.05, 0.1) is 0 Å². The fourth-order valence-electron chi connectivity index (χ4n) is 1.89. The van der Waals surface area contributed by atoms with Gasteiger partial charge in [-0.1, -0.05) is 19.4 Å². The lowest BCUT2D eigenvalue weighted by atomic mass is 9.96. The first kappa shape index (κ1) is 11.1. The van der Waals surface area contributed by atoms with Crippen LogP contribution in [0, 0.1) is 13.8 Å². The van der Waals surface area contributed by atoms with Gasteiger partial charge < -0.3 is 10.8 Å². The van der Waals surface area contributed by atoms with Crippen molar-refractivity contribution >= 4 is 0 Å². The highest BCUT2D eigenvalue weighted by Gasteiger charge is 2.13. The molecule has 3 N–H and O–H groups in total. The maximum Gasteiger partial charge on any atom is 0.120 e. The summed E-state index contributed by atoms with van der Waals surface area (Å²) in [4.78, 5) is 0. The molecule has 0 aliphatic heterocycles. The molecule has 0 bridgehead atoms. The first-order valence-electron chi connectivity index (χ1n) is 5.12. The van der Waals surface area contributed by atoms with Crippen molar-refractivity contribution in [2.24, 2.45) is 5.73 Å². The third-order valence-electron chi connectivity index (χ3n) is 2.48. The van der Waals surface area contributed by atoms with Crippen molar-refractivity contribution in [2.45, 2.75) is 39.7 Å². The number of nitrogens with two attached hydrogens (primary N) is 1. The Hall–Kier alpha value is -1.02. The van der Waals surface area contributed by atoms with E-state index in [1.807, 2.05) is 13.8 Å². The van der Waals surface area contributed by atoms with Gasteiger partial charge >= 0.3 is 0 Å². The molecule has 0 aliphatic rings. The van der Waals surface area contributed by atoms with Crippen LogP contribution < -0.4 is 5.73 Å². The van der Waals surface area contributed by atoms with Gasteiger partial charge in [0.1, 0.15) is 5.75 Å². The highest BCUT2D eigenvalue weighted by atomic mass is 16.3. The van der Waals surface area contributed by atoms with E-state index < -0.39 is 0 Å². The normalized spacial score (nSPS) is 12.9. The molecule has 0 spiro atoms. The number of benzene rings is 1. The van der Waals surface area contributed by atoms with E-state index in [9.17, 15) is 5.11 Å². The number of phenols is 1. The zero-order chi connectivity index (χ0) is 10.7. The van der Waals surface area contributed by atoms with Crippen LogP contribution in [0.4, 0.5) is 0 Å². The average molecular weight is 193 g/mol. The molecule has 0 aromatic heterocycles. The number of aryl methyl sites for hydroxylation is 2. The van der Waals surface area contributed by atoms with Gasteiger partial charge in [-0.15, -0.1) is 0 Å². The molecular weight excluding hydrogens is 174 g/mol. The van der Waals surface area contributed by atoms with Crippen molar-refractivity contribution < 1.29 is 5.11 Å². The fraction of sp³-hybridized carbons (Fsp3) is 0.500. The molecular formula is C12H19NO. The van der Waals surface area contributed by atoms with E-state index in [1.165, 1.54) is 0 Å². The van der Waals surface area contributed by atoms with E-state index >= 15 is 0 Å². The van der Waals surface area contributed by atoms with Crippen LogP contribution in [0.5, 0.6) is 5.75 Å². The number of hydrogen-bond donors (Lipinski definition) is 2. The molecule has 1 unspecified atom stereocenters. The Morgan fingerprint density at radius 1 is 1.36 bits per heavy atom. The van der Waals surface area contributed by atoms with Gasteiger partial charge in [-0.25, -0.2) is 0 Å². The van der Waals surface area contributed by atoms with E-state index in [0.717, 1.165) is 29.5 Å². The molecule has 0 radical (unpaired) electrons. The van der Waals surface area contributed by atoms with Crippen LogP contribution in [0.15, 0.2) is 12.1 Å². The monoisotopic (exact) mass is 193 g/mol. The number of hydrogen-bond acceptors (Lipinski definition) is 2. The largest absolute Gasteiger partial charge is 0.508 e. The topological polar surface area (TPSA) is 46.2 Å². The maximum atomic E-state index is 9.79. The van der Waals surface area contributed by atoms with E-state index in [-0.39, 0.29) is 6.04 Å². The molecule has 0 fully saturated rings. The molecule has 1 atom stereocenters. The first-order chi connectivity index (χ1) is 6.56. The van der Waals surface area contributed by atoms with Gasteiger partial charge in [0.15, 0.2) is 0 Å². The van der Waals surface area contributed by atoms with Crippen LogP contribution in [0.2, 0.25) is 0 Å². The molecule has 14 heavy (non-hydrogen) atoms. The summed E-state index contributed by atoms with van der Waals surface area (Å²) in [5, 5.41) is 9.79. The Morgan fingerprint density at radius 3 is 2.50 bits per heavy atom. The lowest BCUT2D eigenvalue weighted by Crippen LogP contribution is -2.11. The molecule has 1 aromatic carbocycles. The van der Waals surface area contributed by atoms with E-state index in [1.54, 1.807) is 6.07 Å². The third-order valence-corrected chi connectivity index (χ3v) is 2.48. The lowest BCUT2D eigenvalue weighted by Gasteiger charge is -2.16. The van der Waals surface area contributed by atoms with Crippen LogP contribution in [0.1, 0.15) is 42.5 Å². The van der Waals surface area contributed by atoms with E-state index in [2.05, 4.69) is 13.0 Å². The lowest BCUT2D eigenvalue weighted by molar-refractivity contribution is 0.456. The second-order valence-corrected chi connectivity index (χ2v) is 3.91. The van der Waals surface area contributed by atoms with Crippen LogP contribution >= 0.6 is 0 Å². The van der Waals surface area contributed by atoms with Gasteiger partial charge in [0.25, 0.3) is 0 Å². The Kier molecular flexibility index (Phi) is 3.53. The molecule has 1 aromatic rings. The predicted molar refractivity (Wildman–Crippen MR) is 59.4 cm³/mol. The van der Waals surface area contributed by atoms with E-state index in [0.29, 0.717) is 5.75 Å². The summed E-state index contributed by atoms with van der Waals surface area (Å²) in [6.07, 6.45) is 1.95. The minimum Gasteiger partial charge on any atom is -0.508 e. The second kappa shape index (κ2) is 4.47. The van der Waals surface area contributed by atoms with Crippen LogP contribution in [0.3, 0.4) is 0 Å². The molecule has 2 nitrogen and oxygen atoms in total. The Balaban J connectivity index is 3.07. The smallest absolute Gasteiger partial charge is 0.120 e. The standard InChI is InChI=1S/C12H19NO/c1-4-5-10(13)12-9(3)6-8(2)7-11(12)14/h6-7,10,14H,4-5,13H2,1-3H3. The van der Waals surface area contributed by atoms with Crippen molar-refractivity contribution in [1.29, 1.82) is 0 Å². The summed E-state index contributed by atoms with van der Waals surface area (Å²) >= 11 is 0. The minimum atomic E-state index is -0.0411. The molecule has 0 saturated carbocycles. The van der Waals surface area contributed by atoms with Gasteiger partial charge in [-0.3, -0.25) is 0 Å². The highest BCUT2D eigenvalue weighted by Crippen LogP contribution is 2.29. The number of phenolic OH excluding ortho intramolecular Hbond substituents is 1. The summed E-state index contributed by atoms with van der Waals surface area (Å²) in [7, 11) is 0. The summed E-state index contributed by atoms with van der Waals surface area (Å²) in [6, 6.07) is 3.79. The van der Waals surface area contributed by atoms with Crippen molar-refractivity contribution in [2.75, 3.05) is 0 Å². The van der Waals surface area contributed by atoms with Crippen molar-refractivity contribution in [3.63, 3.8) is 0 Å². The summed E-state index contributed by atoms with van der Waals surface area (Å²) in [5.41, 5.74) is 9.06. The predicted octanol–water partition coefficient (Wildman–Crippen LogP) is 2.81. The zero-order valence-electron chi connectivity index (χ0n) is 9.17. The van der Waals surface area contributed by atoms with Crippen LogP contribution in [-0.2, 0) is 0 Å².